The number of fused-ring (bicyclic) bond motifs is 1. The van der Waals surface area contributed by atoms with Gasteiger partial charge >= 0.3 is 5.97 Å². The van der Waals surface area contributed by atoms with E-state index in [0.717, 1.165) is 41.3 Å². The van der Waals surface area contributed by atoms with Crippen LogP contribution in [0.5, 0.6) is 0 Å². The maximum absolute atomic E-state index is 10.8. The number of carboxylic acid groups (broad SMARTS) is 1. The highest BCUT2D eigenvalue weighted by Gasteiger charge is 2.11. The summed E-state index contributed by atoms with van der Waals surface area (Å²) in [6.07, 6.45) is 1.77. The van der Waals surface area contributed by atoms with Gasteiger partial charge in [-0.2, -0.15) is 0 Å². The van der Waals surface area contributed by atoms with Crippen LogP contribution in [-0.2, 0) is 11.2 Å². The molecule has 0 spiro atoms. The predicted octanol–water partition coefficient (Wildman–Crippen LogP) is 4.36. The summed E-state index contributed by atoms with van der Waals surface area (Å²) in [6, 6.07) is 21.1. The lowest BCUT2D eigenvalue weighted by Crippen LogP contribution is -2.00. The summed E-state index contributed by atoms with van der Waals surface area (Å²) < 4.78 is 0. The maximum atomic E-state index is 10.8. The molecular weight excluding hydrogens is 396 g/mol. The first kappa shape index (κ1) is 20.1. The number of benzene rings is 3. The molecule has 0 fully saturated rings. The molecule has 7 heteroatoms. The molecule has 1 aromatic heterocycles. The topological polar surface area (TPSA) is 105 Å². The minimum absolute atomic E-state index is 0.0732. The molecule has 0 amide bonds. The molecule has 0 aliphatic carbocycles. The van der Waals surface area contributed by atoms with Gasteiger partial charge in [-0.3, -0.25) is 9.89 Å². The van der Waals surface area contributed by atoms with Crippen LogP contribution in [0.15, 0.2) is 65.8 Å². The van der Waals surface area contributed by atoms with Crippen molar-refractivity contribution in [2.24, 2.45) is 5.73 Å². The molecule has 152 valence electrons. The predicted molar refractivity (Wildman–Crippen MR) is 120 cm³/mol. The average molecular weight is 419 g/mol. The van der Waals surface area contributed by atoms with Gasteiger partial charge in [0.1, 0.15) is 0 Å². The largest absolute Gasteiger partial charge is 0.481 e. The van der Waals surface area contributed by atoms with Crippen molar-refractivity contribution >= 4 is 28.5 Å². The van der Waals surface area contributed by atoms with E-state index >= 15 is 0 Å². The number of nitrogens with two attached hydrogens (primary N) is 1. The van der Waals surface area contributed by atoms with Crippen LogP contribution in [0.1, 0.15) is 12.0 Å². The Bertz CT molecular complexity index is 1190. The minimum Gasteiger partial charge on any atom is -0.481 e. The number of nitrogens with zero attached hydrogens (tertiary/aromatic N) is 2. The van der Waals surface area contributed by atoms with Crippen LogP contribution >= 0.6 is 11.8 Å². The van der Waals surface area contributed by atoms with Gasteiger partial charge in [-0.25, -0.2) is 4.98 Å². The van der Waals surface area contributed by atoms with Gasteiger partial charge in [0.05, 0.1) is 5.75 Å². The van der Waals surface area contributed by atoms with Crippen molar-refractivity contribution in [1.29, 1.82) is 0 Å². The Labute approximate surface area is 178 Å². The van der Waals surface area contributed by atoms with Gasteiger partial charge in [-0.05, 0) is 65.0 Å². The molecule has 6 nitrogen and oxygen atoms in total. The summed E-state index contributed by atoms with van der Waals surface area (Å²) >= 11 is 1.09. The van der Waals surface area contributed by atoms with E-state index in [1.165, 1.54) is 16.3 Å². The lowest BCUT2D eigenvalue weighted by molar-refractivity contribution is -0.133. The second-order valence-electron chi connectivity index (χ2n) is 7.02. The third-order valence-corrected chi connectivity index (χ3v) is 5.64. The van der Waals surface area contributed by atoms with Crippen LogP contribution < -0.4 is 5.73 Å². The molecule has 30 heavy (non-hydrogen) atoms. The molecule has 0 atom stereocenters. The molecule has 4 N–H and O–H groups in total. The van der Waals surface area contributed by atoms with Crippen LogP contribution in [0.25, 0.3) is 33.3 Å². The molecule has 0 saturated carbocycles. The van der Waals surface area contributed by atoms with Crippen molar-refractivity contribution in [3.63, 3.8) is 0 Å². The Morgan fingerprint density at radius 3 is 2.60 bits per heavy atom. The number of hydrogen-bond donors (Lipinski definition) is 3. The number of thioether (sulfide) groups is 1. The molecule has 4 aromatic rings. The van der Waals surface area contributed by atoms with Gasteiger partial charge in [0, 0.05) is 5.56 Å². The van der Waals surface area contributed by atoms with Crippen LogP contribution in [0.3, 0.4) is 0 Å². The fraction of sp³-hybridized carbons (Fsp3) is 0.174. The first-order chi connectivity index (χ1) is 14.6. The molecule has 0 aliphatic heterocycles. The smallest absolute Gasteiger partial charge is 0.313 e. The Kier molecular flexibility index (Phi) is 6.11. The SMILES string of the molecule is NCCCc1cc(-c2ccc3ccccc3c2)cc(-c2nc(SCC(=O)O)n[nH]2)c1. The zero-order valence-corrected chi connectivity index (χ0v) is 17.2. The van der Waals surface area contributed by atoms with E-state index in [4.69, 9.17) is 10.8 Å². The summed E-state index contributed by atoms with van der Waals surface area (Å²) in [5, 5.41) is 18.8. The third-order valence-electron chi connectivity index (χ3n) is 4.81. The molecule has 0 bridgehead atoms. The van der Waals surface area contributed by atoms with E-state index in [2.05, 4.69) is 63.7 Å². The van der Waals surface area contributed by atoms with Crippen molar-refractivity contribution in [3.8, 4) is 22.5 Å². The highest BCUT2D eigenvalue weighted by atomic mass is 32.2. The molecule has 3 aromatic carbocycles. The van der Waals surface area contributed by atoms with Crippen molar-refractivity contribution < 1.29 is 9.90 Å². The first-order valence-electron chi connectivity index (χ1n) is 9.73. The summed E-state index contributed by atoms with van der Waals surface area (Å²) in [5.74, 6) is -0.343. The molecule has 1 heterocycles. The maximum Gasteiger partial charge on any atom is 0.313 e. The number of aromatic amines is 1. The number of carbonyl (C=O) groups is 1. The normalized spacial score (nSPS) is 11.1. The van der Waals surface area contributed by atoms with Crippen LogP contribution in [0, 0.1) is 0 Å². The molecule has 4 rings (SSSR count). The summed E-state index contributed by atoms with van der Waals surface area (Å²) in [4.78, 5) is 15.3. The van der Waals surface area contributed by atoms with Gasteiger partial charge in [-0.15, -0.1) is 5.10 Å². The lowest BCUT2D eigenvalue weighted by Gasteiger charge is -2.10. The van der Waals surface area contributed by atoms with Crippen molar-refractivity contribution in [2.45, 2.75) is 18.0 Å². The Morgan fingerprint density at radius 1 is 1.00 bits per heavy atom. The second kappa shape index (κ2) is 9.11. The standard InChI is InChI=1S/C23H22N4O2S/c24-9-3-4-15-10-19(18-8-7-16-5-1-2-6-17(16)12-18)13-20(11-15)22-25-23(27-26-22)30-14-21(28)29/h1-2,5-8,10-13H,3-4,9,14,24H2,(H,28,29)(H,25,26,27). The number of hydrogen-bond acceptors (Lipinski definition) is 5. The van der Waals surface area contributed by atoms with E-state index in [-0.39, 0.29) is 5.75 Å². The highest BCUT2D eigenvalue weighted by molar-refractivity contribution is 7.99. The van der Waals surface area contributed by atoms with Crippen LogP contribution in [-0.4, -0.2) is 38.6 Å². The molecule has 0 saturated heterocycles. The van der Waals surface area contributed by atoms with E-state index in [1.807, 2.05) is 12.1 Å². The van der Waals surface area contributed by atoms with Crippen molar-refractivity contribution in [2.75, 3.05) is 12.3 Å². The average Bonchev–Trinajstić information content (AvgIpc) is 3.25. The Hall–Kier alpha value is -3.16. The zero-order chi connectivity index (χ0) is 20.9. The number of aliphatic carboxylic acids is 1. The summed E-state index contributed by atoms with van der Waals surface area (Å²) in [6.45, 7) is 0.633. The number of aryl methyl sites for hydroxylation is 1. The number of rotatable bonds is 8. The number of H-pyrrole nitrogens is 1. The van der Waals surface area contributed by atoms with E-state index in [1.54, 1.807) is 0 Å². The van der Waals surface area contributed by atoms with Crippen LogP contribution in [0.4, 0.5) is 0 Å². The number of carboxylic acids is 1. The Balaban J connectivity index is 1.72. The first-order valence-corrected chi connectivity index (χ1v) is 10.7. The van der Waals surface area contributed by atoms with Crippen molar-refractivity contribution in [1.82, 2.24) is 15.2 Å². The number of aromatic nitrogens is 3. The third kappa shape index (κ3) is 4.69. The van der Waals surface area contributed by atoms with Gasteiger partial charge < -0.3 is 10.8 Å². The second-order valence-corrected chi connectivity index (χ2v) is 7.96. The fourth-order valence-electron chi connectivity index (χ4n) is 3.38. The van der Waals surface area contributed by atoms with Gasteiger partial charge in [0.15, 0.2) is 5.82 Å². The van der Waals surface area contributed by atoms with Gasteiger partial charge in [0.2, 0.25) is 5.16 Å². The summed E-state index contributed by atoms with van der Waals surface area (Å²) in [5.41, 5.74) is 10.0. The molecule has 0 unspecified atom stereocenters. The van der Waals surface area contributed by atoms with Crippen molar-refractivity contribution in [3.05, 3.63) is 66.2 Å². The quantitative estimate of drug-likeness (QED) is 0.367. The lowest BCUT2D eigenvalue weighted by atomic mass is 9.96. The molecular formula is C23H22N4O2S. The van der Waals surface area contributed by atoms with E-state index < -0.39 is 5.97 Å². The van der Waals surface area contributed by atoms with Gasteiger partial charge in [-0.1, -0.05) is 54.2 Å². The van der Waals surface area contributed by atoms with Gasteiger partial charge in [0.25, 0.3) is 0 Å². The Morgan fingerprint density at radius 2 is 1.80 bits per heavy atom. The fourth-order valence-corrected chi connectivity index (χ4v) is 3.90. The minimum atomic E-state index is -0.895. The zero-order valence-electron chi connectivity index (χ0n) is 16.3. The van der Waals surface area contributed by atoms with E-state index in [0.29, 0.717) is 17.5 Å². The highest BCUT2D eigenvalue weighted by Crippen LogP contribution is 2.30. The molecule has 0 aliphatic rings. The molecule has 0 radical (unpaired) electrons. The van der Waals surface area contributed by atoms with Crippen LogP contribution in [0.2, 0.25) is 0 Å². The summed E-state index contributed by atoms with van der Waals surface area (Å²) in [7, 11) is 0. The van der Waals surface area contributed by atoms with E-state index in [9.17, 15) is 4.79 Å². The number of nitrogens with one attached hydrogen (secondary N) is 1. The monoisotopic (exact) mass is 418 g/mol.